The Morgan fingerprint density at radius 2 is 1.54 bits per heavy atom. The Balaban J connectivity index is 1.47. The van der Waals surface area contributed by atoms with Gasteiger partial charge in [-0.05, 0) is 53.7 Å². The van der Waals surface area contributed by atoms with Gasteiger partial charge in [-0.2, -0.15) is 0 Å². The minimum absolute atomic E-state index is 0.117. The molecule has 5 rings (SSSR count). The summed E-state index contributed by atoms with van der Waals surface area (Å²) in [6.07, 6.45) is 3.70. The van der Waals surface area contributed by atoms with Crippen LogP contribution in [-0.4, -0.2) is 20.6 Å². The summed E-state index contributed by atoms with van der Waals surface area (Å²) >= 11 is 25.8. The van der Waals surface area contributed by atoms with Gasteiger partial charge in [0.05, 0.1) is 28.0 Å². The third-order valence-electron chi connectivity index (χ3n) is 5.69. The number of para-hydroxylation sites is 1. The van der Waals surface area contributed by atoms with Crippen LogP contribution in [0, 0.1) is 0 Å². The van der Waals surface area contributed by atoms with Crippen LogP contribution in [0.1, 0.15) is 16.7 Å². The average Bonchev–Trinajstić information content (AvgIpc) is 3.31. The van der Waals surface area contributed by atoms with Crippen LogP contribution in [0.4, 0.5) is 4.79 Å². The first-order valence-corrected chi connectivity index (χ1v) is 12.8. The van der Waals surface area contributed by atoms with E-state index in [1.165, 1.54) is 4.90 Å². The fourth-order valence-electron chi connectivity index (χ4n) is 3.97. The van der Waals surface area contributed by atoms with E-state index >= 15 is 0 Å². The number of hydrogen-bond donors (Lipinski definition) is 0. The smallest absolute Gasteiger partial charge is 0.293 e. The molecule has 1 aliphatic rings. The van der Waals surface area contributed by atoms with Gasteiger partial charge in [-0.1, -0.05) is 76.7 Å². The normalized spacial score (nSPS) is 15.1. The van der Waals surface area contributed by atoms with Crippen LogP contribution in [-0.2, 0) is 17.9 Å². The van der Waals surface area contributed by atoms with Gasteiger partial charge in [0, 0.05) is 38.3 Å². The number of benzene rings is 3. The lowest BCUT2D eigenvalue weighted by atomic mass is 10.1. The number of imide groups is 1. The van der Waals surface area contributed by atoms with Crippen LogP contribution in [0.25, 0.3) is 17.0 Å². The Hall–Kier alpha value is -2.41. The van der Waals surface area contributed by atoms with E-state index in [9.17, 15) is 9.59 Å². The van der Waals surface area contributed by atoms with Crippen molar-refractivity contribution in [3.63, 3.8) is 0 Å². The Morgan fingerprint density at radius 1 is 0.800 bits per heavy atom. The quantitative estimate of drug-likeness (QED) is 0.229. The van der Waals surface area contributed by atoms with Gasteiger partial charge >= 0.3 is 0 Å². The maximum atomic E-state index is 13.1. The molecule has 1 fully saturated rings. The number of halogens is 4. The van der Waals surface area contributed by atoms with Gasteiger partial charge in [-0.25, -0.2) is 0 Å². The van der Waals surface area contributed by atoms with E-state index in [0.717, 1.165) is 39.4 Å². The molecule has 0 saturated carbocycles. The largest absolute Gasteiger partial charge is 0.342 e. The second-order valence-electron chi connectivity index (χ2n) is 7.95. The standard InChI is InChI=1S/C26H16Cl4N2O2S/c27-19-5-3-6-20(28)18(19)14-31-13-16(17-4-1-2-7-23(17)31)11-24-25(33)32(26(34)35-24)12-15-8-9-21(29)22(30)10-15/h1-11,13H,12,14H2/b24-11+. The molecule has 0 unspecified atom stereocenters. The van der Waals surface area contributed by atoms with Crippen molar-refractivity contribution in [3.8, 4) is 0 Å². The minimum Gasteiger partial charge on any atom is -0.342 e. The summed E-state index contributed by atoms with van der Waals surface area (Å²) in [6, 6.07) is 18.3. The lowest BCUT2D eigenvalue weighted by Crippen LogP contribution is -2.27. The number of nitrogens with zero attached hydrogens (tertiary/aromatic N) is 2. The number of fused-ring (bicyclic) bond motifs is 1. The molecule has 0 bridgehead atoms. The molecule has 1 aliphatic heterocycles. The highest BCUT2D eigenvalue weighted by atomic mass is 35.5. The Bertz CT molecular complexity index is 1510. The maximum absolute atomic E-state index is 13.1. The number of rotatable bonds is 5. The lowest BCUT2D eigenvalue weighted by molar-refractivity contribution is -0.123. The molecular weight excluding hydrogens is 546 g/mol. The van der Waals surface area contributed by atoms with Crippen LogP contribution >= 0.6 is 58.2 Å². The van der Waals surface area contributed by atoms with E-state index in [1.54, 1.807) is 36.4 Å². The number of aromatic nitrogens is 1. The third-order valence-corrected chi connectivity index (χ3v) is 8.05. The van der Waals surface area contributed by atoms with E-state index in [1.807, 2.05) is 41.1 Å². The maximum Gasteiger partial charge on any atom is 0.293 e. The van der Waals surface area contributed by atoms with Crippen molar-refractivity contribution in [2.24, 2.45) is 0 Å². The zero-order valence-electron chi connectivity index (χ0n) is 18.0. The number of amides is 2. The van der Waals surface area contributed by atoms with Crippen molar-refractivity contribution in [3.05, 3.63) is 109 Å². The van der Waals surface area contributed by atoms with Crippen LogP contribution < -0.4 is 0 Å². The number of carbonyl (C=O) groups is 2. The van der Waals surface area contributed by atoms with Gasteiger partial charge in [0.25, 0.3) is 11.1 Å². The number of hydrogen-bond acceptors (Lipinski definition) is 3. The molecule has 4 aromatic rings. The number of carbonyl (C=O) groups excluding carboxylic acids is 2. The summed E-state index contributed by atoms with van der Waals surface area (Å²) in [7, 11) is 0. The highest BCUT2D eigenvalue weighted by Gasteiger charge is 2.35. The van der Waals surface area contributed by atoms with Crippen LogP contribution in [0.3, 0.4) is 0 Å². The second kappa shape index (κ2) is 9.92. The molecule has 0 atom stereocenters. The van der Waals surface area contributed by atoms with Crippen LogP contribution in [0.2, 0.25) is 20.1 Å². The summed E-state index contributed by atoms with van der Waals surface area (Å²) in [5.41, 5.74) is 3.31. The molecule has 35 heavy (non-hydrogen) atoms. The molecule has 3 aromatic carbocycles. The Morgan fingerprint density at radius 3 is 2.29 bits per heavy atom. The van der Waals surface area contributed by atoms with Crippen LogP contribution in [0.5, 0.6) is 0 Å². The van der Waals surface area contributed by atoms with Crippen molar-refractivity contribution in [1.29, 1.82) is 0 Å². The van der Waals surface area contributed by atoms with E-state index in [2.05, 4.69) is 0 Å². The molecule has 0 N–H and O–H groups in total. The monoisotopic (exact) mass is 560 g/mol. The summed E-state index contributed by atoms with van der Waals surface area (Å²) in [5, 5.41) is 2.57. The Labute approximate surface area is 226 Å². The van der Waals surface area contributed by atoms with E-state index < -0.39 is 0 Å². The fraction of sp³-hybridized carbons (Fsp3) is 0.0769. The summed E-state index contributed by atoms with van der Waals surface area (Å²) in [5.74, 6) is -0.350. The molecule has 2 amide bonds. The lowest BCUT2D eigenvalue weighted by Gasteiger charge is -2.12. The van der Waals surface area contributed by atoms with E-state index in [0.29, 0.717) is 31.5 Å². The summed E-state index contributed by atoms with van der Waals surface area (Å²) < 4.78 is 2.04. The molecule has 2 heterocycles. The zero-order chi connectivity index (χ0) is 24.7. The topological polar surface area (TPSA) is 42.3 Å². The molecule has 0 aliphatic carbocycles. The molecule has 176 valence electrons. The minimum atomic E-state index is -0.350. The molecule has 9 heteroatoms. The Kier molecular flexibility index (Phi) is 6.88. The van der Waals surface area contributed by atoms with Gasteiger partial charge in [-0.15, -0.1) is 0 Å². The SMILES string of the molecule is O=C1S/C(=C/c2cn(Cc3c(Cl)cccc3Cl)c3ccccc23)C(=O)N1Cc1ccc(Cl)c(Cl)c1. The highest BCUT2D eigenvalue weighted by Crippen LogP contribution is 2.36. The predicted octanol–water partition coefficient (Wildman–Crippen LogP) is 8.54. The second-order valence-corrected chi connectivity index (χ2v) is 10.6. The first-order valence-electron chi connectivity index (χ1n) is 10.5. The molecule has 0 radical (unpaired) electrons. The van der Waals surface area contributed by atoms with Crippen LogP contribution in [0.15, 0.2) is 71.8 Å². The van der Waals surface area contributed by atoms with E-state index in [4.69, 9.17) is 46.4 Å². The van der Waals surface area contributed by atoms with Crippen molar-refractivity contribution < 1.29 is 9.59 Å². The molecular formula is C26H16Cl4N2O2S. The highest BCUT2D eigenvalue weighted by molar-refractivity contribution is 8.18. The van der Waals surface area contributed by atoms with Crippen molar-refractivity contribution >= 4 is 86.3 Å². The summed E-state index contributed by atoms with van der Waals surface area (Å²) in [4.78, 5) is 27.3. The van der Waals surface area contributed by atoms with Gasteiger partial charge in [0.2, 0.25) is 0 Å². The molecule has 1 saturated heterocycles. The van der Waals surface area contributed by atoms with E-state index in [-0.39, 0.29) is 17.7 Å². The average molecular weight is 562 g/mol. The third kappa shape index (κ3) is 4.84. The molecule has 1 aromatic heterocycles. The summed E-state index contributed by atoms with van der Waals surface area (Å²) in [6.45, 7) is 0.581. The number of thioether (sulfide) groups is 1. The first-order chi connectivity index (χ1) is 16.8. The fourth-order valence-corrected chi connectivity index (χ4v) is 5.64. The van der Waals surface area contributed by atoms with Crippen molar-refractivity contribution in [1.82, 2.24) is 9.47 Å². The van der Waals surface area contributed by atoms with Crippen molar-refractivity contribution in [2.45, 2.75) is 13.1 Å². The van der Waals surface area contributed by atoms with Gasteiger partial charge in [0.15, 0.2) is 0 Å². The van der Waals surface area contributed by atoms with Gasteiger partial charge in [0.1, 0.15) is 0 Å². The zero-order valence-corrected chi connectivity index (χ0v) is 21.8. The molecule has 0 spiro atoms. The van der Waals surface area contributed by atoms with Gasteiger partial charge < -0.3 is 4.57 Å². The predicted molar refractivity (Wildman–Crippen MR) is 145 cm³/mol. The molecule has 4 nitrogen and oxygen atoms in total. The van der Waals surface area contributed by atoms with Crippen molar-refractivity contribution in [2.75, 3.05) is 0 Å². The van der Waals surface area contributed by atoms with Gasteiger partial charge in [-0.3, -0.25) is 14.5 Å². The first kappa shape index (κ1) is 24.3.